The average molecular weight is 1550 g/mol. The van der Waals surface area contributed by atoms with Gasteiger partial charge in [-0.1, -0.05) is 145 Å². The molecule has 0 saturated carbocycles. The number of ketones is 1. The number of rotatable bonds is 26. The Morgan fingerprint density at radius 3 is 1.32 bits per heavy atom. The highest BCUT2D eigenvalue weighted by Gasteiger charge is 2.51. The number of H-pyrrole nitrogens is 1. The fourth-order valence-corrected chi connectivity index (χ4v) is 13.8. The minimum absolute atomic E-state index is 0. The van der Waals surface area contributed by atoms with E-state index >= 15 is 0 Å². The van der Waals surface area contributed by atoms with Crippen molar-refractivity contribution in [2.45, 2.75) is 163 Å². The zero-order valence-electron chi connectivity index (χ0n) is 57.8. The first kappa shape index (κ1) is 88.7. The van der Waals surface area contributed by atoms with Crippen molar-refractivity contribution in [3.8, 4) is 22.5 Å². The second-order valence-electron chi connectivity index (χ2n) is 25.2. The zero-order valence-corrected chi connectivity index (χ0v) is 61.1. The van der Waals surface area contributed by atoms with Crippen molar-refractivity contribution in [2.75, 3.05) is 32.7 Å². The van der Waals surface area contributed by atoms with Crippen LogP contribution in [0.3, 0.4) is 0 Å². The first-order valence-corrected chi connectivity index (χ1v) is 36.8. The van der Waals surface area contributed by atoms with E-state index in [9.17, 15) is 43.8 Å². The van der Waals surface area contributed by atoms with Crippen LogP contribution in [-0.4, -0.2) is 163 Å². The third-order valence-electron chi connectivity index (χ3n) is 15.9. The number of amides is 5. The Bertz CT molecular complexity index is 4160. The van der Waals surface area contributed by atoms with Crippen molar-refractivity contribution in [2.24, 2.45) is 7.05 Å². The maximum Gasteiger partial charge on any atom is 0.336 e. The predicted octanol–water partition coefficient (Wildman–Crippen LogP) is 11.1. The number of aromatic amines is 1. The first-order chi connectivity index (χ1) is 49.3. The van der Waals surface area contributed by atoms with Crippen molar-refractivity contribution in [3.63, 3.8) is 0 Å². The monoisotopic (exact) mass is 1550 g/mol. The number of benzene rings is 3. The first-order valence-electron chi connectivity index (χ1n) is 33.2. The van der Waals surface area contributed by atoms with Gasteiger partial charge in [0.15, 0.2) is 65.9 Å². The summed E-state index contributed by atoms with van der Waals surface area (Å²) < 4.78 is 35.4. The summed E-state index contributed by atoms with van der Waals surface area (Å²) in [4.78, 5) is 102. The normalized spacial score (nSPS) is 18.8. The Balaban J connectivity index is 0.000000255. The molecule has 8 atom stereocenters. The number of aromatic nitrogens is 4. The fraction of sp³-hybridized carbons (Fsp3) is 0.397. The van der Waals surface area contributed by atoms with E-state index in [1.807, 2.05) is 131 Å². The van der Waals surface area contributed by atoms with Crippen LogP contribution in [0, 0.1) is 0 Å². The van der Waals surface area contributed by atoms with Crippen molar-refractivity contribution >= 4 is 86.6 Å². The van der Waals surface area contributed by atoms with Gasteiger partial charge in [-0.2, -0.15) is 0 Å². The highest BCUT2D eigenvalue weighted by molar-refractivity contribution is 7.10. The molecule has 5 amide bonds. The van der Waals surface area contributed by atoms with Gasteiger partial charge >= 0.3 is 5.97 Å². The number of ether oxygens (including phenoxy) is 6. The molecule has 12 rings (SSSR count). The maximum atomic E-state index is 12.8. The van der Waals surface area contributed by atoms with Gasteiger partial charge in [0.1, 0.15) is 17.8 Å². The molecule has 9 heterocycles. The van der Waals surface area contributed by atoms with E-state index in [0.29, 0.717) is 62.5 Å². The zero-order chi connectivity index (χ0) is 73.7. The molecule has 3 aromatic carbocycles. The number of aliphatic hydroxyl groups is 2. The number of hydrogen-bond donors (Lipinski definition) is 9. The number of aliphatic carboxylic acids is 1. The number of aliphatic hydroxyl groups excluding tert-OH is 2. The van der Waals surface area contributed by atoms with Crippen LogP contribution in [0.4, 0.5) is 0 Å². The Morgan fingerprint density at radius 1 is 0.495 bits per heavy atom. The second-order valence-corrected chi connectivity index (χ2v) is 29.3. The van der Waals surface area contributed by atoms with Crippen LogP contribution in [-0.2, 0) is 89.9 Å². The minimum atomic E-state index is -1.58. The van der Waals surface area contributed by atoms with Crippen LogP contribution in [0.2, 0.25) is 0 Å². The number of nitrogens with one attached hydrogen (secondary N) is 6. The average Bonchev–Trinajstić information content (AvgIpc) is 1.65. The van der Waals surface area contributed by atoms with E-state index in [4.69, 9.17) is 33.5 Å². The highest BCUT2D eigenvalue weighted by Crippen LogP contribution is 2.38. The number of carboxylic acid groups (broad SMARTS) is 1. The number of imidazole rings is 2. The van der Waals surface area contributed by atoms with E-state index in [1.54, 1.807) is 135 Å². The lowest BCUT2D eigenvalue weighted by atomic mass is 10.1. The molecular formula is C78H101N9O16S4. The van der Waals surface area contributed by atoms with Gasteiger partial charge in [-0.3, -0.25) is 28.8 Å². The van der Waals surface area contributed by atoms with Crippen molar-refractivity contribution in [1.29, 1.82) is 0 Å². The number of carboxylic acids is 1. The number of carbonyl (C=O) groups is 7. The molecule has 9 aromatic rings. The van der Waals surface area contributed by atoms with Crippen LogP contribution in [0.25, 0.3) is 22.5 Å². The Kier molecular flexibility index (Phi) is 34.8. The van der Waals surface area contributed by atoms with Crippen LogP contribution < -0.4 is 26.6 Å². The molecule has 3 aliphatic heterocycles. The Morgan fingerprint density at radius 2 is 0.879 bits per heavy atom. The molecule has 29 heteroatoms. The topological polar surface area (TPSA) is 342 Å². The molecule has 0 unspecified atom stereocenters. The smallest absolute Gasteiger partial charge is 0.336 e. The molecule has 107 heavy (non-hydrogen) atoms. The molecule has 3 fully saturated rings. The van der Waals surface area contributed by atoms with E-state index < -0.39 is 95.8 Å². The number of carbonyl (C=O) groups excluding carboxylic acids is 6. The summed E-state index contributed by atoms with van der Waals surface area (Å²) in [6, 6.07) is 44.0. The quantitative estimate of drug-likeness (QED) is 0.0227. The largest absolute Gasteiger partial charge is 0.479 e. The third-order valence-corrected chi connectivity index (χ3v) is 19.6. The van der Waals surface area contributed by atoms with E-state index in [2.05, 4.69) is 47.6 Å². The SMILES string of the molecule is C.C.C.C.CC1(C)O[C@@H](C(=O)NCCc2cccs2)[C@H](C(=O)NCC(=O)c2ccccc2)O1.CC1(C)O[C@@H](C(=O)NCCc2cccs2)[C@H](c2ncc(-c3ccccc3)[nH]2)O1.CC1(C)O[C@@H](C(=O)O)[C@H](C(=O)NCCc2cccs2)O1.Cn1cc(-c2ccccc2)nc1[C@H](O)[C@@H](O)C(=O)NCCc1cccs1. The lowest BCUT2D eigenvalue weighted by Crippen LogP contribution is -2.49. The van der Waals surface area contributed by atoms with Crippen LogP contribution >= 0.6 is 45.3 Å². The summed E-state index contributed by atoms with van der Waals surface area (Å²) in [5, 5.41) is 51.2. The van der Waals surface area contributed by atoms with E-state index in [0.717, 1.165) is 37.9 Å². The Labute approximate surface area is 641 Å². The molecule has 9 N–H and O–H groups in total. The summed E-state index contributed by atoms with van der Waals surface area (Å²) in [6.07, 6.45) is -2.53. The van der Waals surface area contributed by atoms with Gasteiger partial charge in [-0.25, -0.2) is 14.8 Å². The molecule has 0 bridgehead atoms. The van der Waals surface area contributed by atoms with Crippen LogP contribution in [0.15, 0.2) is 173 Å². The summed E-state index contributed by atoms with van der Waals surface area (Å²) in [5.74, 6) is -5.85. The van der Waals surface area contributed by atoms with Crippen molar-refractivity contribution < 1.29 is 77.3 Å². The summed E-state index contributed by atoms with van der Waals surface area (Å²) >= 11 is 6.52. The van der Waals surface area contributed by atoms with Gasteiger partial charge in [0.05, 0.1) is 24.1 Å². The van der Waals surface area contributed by atoms with Gasteiger partial charge in [-0.15, -0.1) is 45.3 Å². The van der Waals surface area contributed by atoms with Gasteiger partial charge in [0.2, 0.25) is 0 Å². The summed E-state index contributed by atoms with van der Waals surface area (Å²) in [7, 11) is 1.72. The standard InChI is InChI=1S/C21H23N3O3S.C21H24N2O5S.C19H21N3O3S.C13H17NO5S.4CH4/c1-21(2)26-17(19-23-13-16(24-19)14-7-4-3-5-8-14)18(27-21)20(25)22-11-10-15-9-6-12-28-15;1-21(2)27-17(19(25)22-11-10-15-9-6-12-29-15)18(28-21)20(26)23-13-16(24)14-7-4-3-5-8-14;1-22-12-15(13-6-3-2-4-7-13)21-18(22)16(23)17(24)19(25)20-10-9-14-8-5-11-26-14;1-13(2)18-9(10(19-13)12(16)17)11(15)14-6-5-8-4-3-7-20-8;;;;/h3-9,12-13,17-18H,10-11H2,1-2H3,(H,22,25)(H,23,24);3-9,12,17-18H,10-11,13H2,1-2H3,(H,22,25)(H,23,26);2-8,11-12,16-17,23-24H,9-10H2,1H3,(H,20,25);3-4,7,9-10H,5-6H2,1-2H3,(H,14,15)(H,16,17);4*1H4/t2*17-,18-;16-,17-;9-,10-;;;;/m1111..../s1. The molecular weight excluding hydrogens is 1450 g/mol. The minimum Gasteiger partial charge on any atom is -0.479 e. The molecule has 0 spiro atoms. The number of nitrogens with zero attached hydrogens (tertiary/aromatic N) is 3. The Hall–Kier alpha value is -8.95. The van der Waals surface area contributed by atoms with Gasteiger partial charge in [0.25, 0.3) is 29.5 Å². The lowest BCUT2D eigenvalue weighted by Gasteiger charge is -2.17. The molecule has 6 aromatic heterocycles. The van der Waals surface area contributed by atoms with E-state index in [1.165, 1.54) is 4.88 Å². The summed E-state index contributed by atoms with van der Waals surface area (Å²) in [6.45, 7) is 11.7. The number of hydrogen-bond acceptors (Lipinski definition) is 21. The van der Waals surface area contributed by atoms with Gasteiger partial charge < -0.3 is 79.9 Å². The summed E-state index contributed by atoms with van der Waals surface area (Å²) in [5.41, 5.74) is 3.97. The van der Waals surface area contributed by atoms with Crippen molar-refractivity contribution in [1.82, 2.24) is 46.1 Å². The highest BCUT2D eigenvalue weighted by atomic mass is 32.1. The van der Waals surface area contributed by atoms with Gasteiger partial charge in [-0.05, 0) is 119 Å². The van der Waals surface area contributed by atoms with Crippen LogP contribution in [0.1, 0.15) is 125 Å². The third kappa shape index (κ3) is 26.2. The fourth-order valence-electron chi connectivity index (χ4n) is 10.9. The molecule has 0 aliphatic carbocycles. The lowest BCUT2D eigenvalue weighted by molar-refractivity contribution is -0.166. The van der Waals surface area contributed by atoms with Crippen LogP contribution in [0.5, 0.6) is 0 Å². The number of thiophene rings is 4. The molecule has 578 valence electrons. The molecule has 25 nitrogen and oxygen atoms in total. The molecule has 3 aliphatic rings. The van der Waals surface area contributed by atoms with Gasteiger partial charge in [0, 0.05) is 70.1 Å². The molecule has 3 saturated heterocycles. The van der Waals surface area contributed by atoms with Crippen molar-refractivity contribution in [3.05, 3.63) is 210 Å². The number of Topliss-reactive ketones (excluding diaryl/α,β-unsaturated/α-hetero) is 1. The number of aryl methyl sites for hydroxylation is 1. The second kappa shape index (κ2) is 42.0. The predicted molar refractivity (Wildman–Crippen MR) is 417 cm³/mol. The molecule has 0 radical (unpaired) electrons. The van der Waals surface area contributed by atoms with E-state index in [-0.39, 0.29) is 53.8 Å². The maximum absolute atomic E-state index is 12.8.